The Hall–Kier alpha value is -6.98. The van der Waals surface area contributed by atoms with Crippen LogP contribution in [0.15, 0.2) is 150 Å². The largest absolute Gasteiger partial charge is 0.456 e. The fourth-order valence-electron chi connectivity index (χ4n) is 14.2. The molecule has 79 heavy (non-hydrogen) atoms. The first-order valence-corrected chi connectivity index (χ1v) is 29.1. The van der Waals surface area contributed by atoms with Gasteiger partial charge in [-0.3, -0.25) is 0 Å². The molecule has 0 bridgehead atoms. The lowest BCUT2D eigenvalue weighted by molar-refractivity contribution is 0.331. The summed E-state index contributed by atoms with van der Waals surface area (Å²) >= 11 is 0. The Kier molecular flexibility index (Phi) is 10.5. The van der Waals surface area contributed by atoms with Crippen molar-refractivity contribution in [1.29, 1.82) is 0 Å². The van der Waals surface area contributed by atoms with Crippen molar-refractivity contribution in [1.82, 2.24) is 0 Å². The minimum absolute atomic E-state index is 0.0138. The highest BCUT2D eigenvalue weighted by atomic mass is 16.3. The van der Waals surface area contributed by atoms with Gasteiger partial charge in [0.2, 0.25) is 0 Å². The molecule has 8 aromatic carbocycles. The summed E-state index contributed by atoms with van der Waals surface area (Å²) in [6, 6.07) is 54.1. The molecule has 400 valence electrons. The van der Waals surface area contributed by atoms with Crippen molar-refractivity contribution in [2.24, 2.45) is 0 Å². The summed E-state index contributed by atoms with van der Waals surface area (Å²) < 4.78 is 34.7. The monoisotopic (exact) mass is 1040 g/mol. The van der Waals surface area contributed by atoms with Gasteiger partial charge in [-0.2, -0.15) is 0 Å². The van der Waals surface area contributed by atoms with Crippen molar-refractivity contribution in [2.45, 2.75) is 169 Å². The van der Waals surface area contributed by atoms with Gasteiger partial charge in [0.1, 0.15) is 11.2 Å². The molecule has 0 amide bonds. The second-order valence-electron chi connectivity index (χ2n) is 28.7. The van der Waals surface area contributed by atoms with E-state index in [2.05, 4.69) is 240 Å². The van der Waals surface area contributed by atoms with Gasteiger partial charge >= 0.3 is 0 Å². The predicted octanol–water partition coefficient (Wildman–Crippen LogP) is 19.0. The number of fused-ring (bicyclic) bond motifs is 9. The number of furan rings is 1. The quantitative estimate of drug-likeness (QED) is 0.160. The lowest BCUT2D eigenvalue weighted by Gasteiger charge is -2.48. The van der Waals surface area contributed by atoms with Gasteiger partial charge in [-0.05, 0) is 218 Å². The average Bonchev–Trinajstić information content (AvgIpc) is 1.90. The van der Waals surface area contributed by atoms with Crippen LogP contribution in [0, 0.1) is 13.8 Å². The highest BCUT2D eigenvalue weighted by molar-refractivity contribution is 7.00. The Morgan fingerprint density at radius 3 is 1.53 bits per heavy atom. The van der Waals surface area contributed by atoms with Crippen molar-refractivity contribution in [2.75, 3.05) is 14.7 Å². The molecule has 0 N–H and O–H groups in total. The molecule has 5 heteroatoms. The number of nitrogens with zero attached hydrogens (tertiary/aromatic N) is 3. The summed E-state index contributed by atoms with van der Waals surface area (Å²) in [5.41, 5.74) is 23.6. The van der Waals surface area contributed by atoms with Gasteiger partial charge in [-0.15, -0.1) is 0 Å². The van der Waals surface area contributed by atoms with Gasteiger partial charge in [-0.1, -0.05) is 158 Å². The predicted molar refractivity (Wildman–Crippen MR) is 340 cm³/mol. The molecule has 4 aliphatic rings. The third-order valence-corrected chi connectivity index (χ3v) is 19.3. The highest BCUT2D eigenvalue weighted by Crippen LogP contribution is 2.54. The first kappa shape index (κ1) is 48.0. The van der Waals surface area contributed by atoms with E-state index in [9.17, 15) is 4.11 Å². The van der Waals surface area contributed by atoms with E-state index in [0.29, 0.717) is 5.56 Å². The van der Waals surface area contributed by atoms with E-state index in [1.807, 2.05) is 24.3 Å². The Labute approximate surface area is 476 Å². The van der Waals surface area contributed by atoms with Crippen LogP contribution in [0.4, 0.5) is 51.2 Å². The minimum atomic E-state index is -2.43. The van der Waals surface area contributed by atoms with Crippen LogP contribution < -0.4 is 31.1 Å². The van der Waals surface area contributed by atoms with E-state index >= 15 is 0 Å². The maximum Gasteiger partial charge on any atom is 0.252 e. The molecule has 4 nitrogen and oxygen atoms in total. The van der Waals surface area contributed by atoms with E-state index in [-0.39, 0.29) is 39.2 Å². The summed E-state index contributed by atoms with van der Waals surface area (Å²) in [4.78, 5) is 7.27. The van der Waals surface area contributed by atoms with Gasteiger partial charge < -0.3 is 19.1 Å². The molecule has 2 aliphatic heterocycles. The Balaban J connectivity index is 1.15. The normalized spacial score (nSPS) is 18.2. The number of aryl methyl sites for hydroxylation is 2. The van der Waals surface area contributed by atoms with E-state index < -0.39 is 6.85 Å². The van der Waals surface area contributed by atoms with E-state index in [1.54, 1.807) is 0 Å². The Bertz CT molecular complexity index is 4030. The SMILES string of the molecule is [2H]C([2H])([2H])c1cc2c3c(c1)N(c1cc4c(cc1C)C(C)(C)CCC4(C)C)c1cc4c(cc1B3c1ccc(N(c3ccc(C(C)(C)C)cc3)c3ccc(C(C)(C)C)cc3)cc1N2c1ccc2oc3ccccc3c2c1)C(C)(C)CCC4(C)C. The molecule has 13 rings (SSSR count). The smallest absolute Gasteiger partial charge is 0.252 e. The van der Waals surface area contributed by atoms with Crippen LogP contribution in [0.1, 0.15) is 171 Å². The molecule has 0 unspecified atom stereocenters. The van der Waals surface area contributed by atoms with E-state index in [4.69, 9.17) is 4.42 Å². The zero-order valence-corrected chi connectivity index (χ0v) is 49.5. The molecular weight excluding hydrogens is 958 g/mol. The maximum absolute atomic E-state index is 9.39. The Morgan fingerprint density at radius 1 is 0.468 bits per heavy atom. The molecule has 1 aromatic heterocycles. The minimum Gasteiger partial charge on any atom is -0.456 e. The van der Waals surface area contributed by atoms with Crippen LogP contribution in [0.5, 0.6) is 0 Å². The average molecular weight is 1040 g/mol. The highest BCUT2D eigenvalue weighted by Gasteiger charge is 2.48. The molecule has 2 aliphatic carbocycles. The van der Waals surface area contributed by atoms with Crippen molar-refractivity contribution in [3.8, 4) is 0 Å². The number of hydrogen-bond donors (Lipinski definition) is 0. The first-order chi connectivity index (χ1) is 38.4. The number of para-hydroxylation sites is 1. The van der Waals surface area contributed by atoms with Crippen LogP contribution in [-0.4, -0.2) is 6.71 Å². The fraction of sp³-hybridized carbons (Fsp3) is 0.351. The number of rotatable bonds is 5. The third kappa shape index (κ3) is 8.13. The standard InChI is InChI=1S/C74H80BN3O/c1-45-37-64-68-65(38-45)78(61-43-57-55(39-46(61)2)71(9,10)33-35-73(57,13)14)63-44-58-56(72(11,12)34-36-74(58,15)16)42-60(63)75(68)59-31-29-52(41-62(59)77(64)51-30-32-67-54(40-51)53-19-17-18-20-66(53)79-67)76(49-25-21-47(22-26-49)69(3,4)5)50-27-23-48(24-28-50)70(6,7)8/h17-32,37-44H,33-36H2,1-16H3/i1D3. The summed E-state index contributed by atoms with van der Waals surface area (Å²) in [6.07, 6.45) is 4.36. The Morgan fingerprint density at radius 2 is 0.962 bits per heavy atom. The molecule has 3 heterocycles. The van der Waals surface area contributed by atoms with Gasteiger partial charge in [0.25, 0.3) is 6.71 Å². The van der Waals surface area contributed by atoms with Crippen molar-refractivity contribution >= 4 is 96.2 Å². The van der Waals surface area contributed by atoms with Gasteiger partial charge in [0.05, 0.1) is 0 Å². The summed E-state index contributed by atoms with van der Waals surface area (Å²) in [7, 11) is 0. The first-order valence-electron chi connectivity index (χ1n) is 30.6. The summed E-state index contributed by atoms with van der Waals surface area (Å²) in [6.45, 7) is 32.5. The third-order valence-electron chi connectivity index (χ3n) is 19.3. The van der Waals surface area contributed by atoms with Crippen molar-refractivity contribution in [3.05, 3.63) is 190 Å². The van der Waals surface area contributed by atoms with Crippen LogP contribution >= 0.6 is 0 Å². The zero-order chi connectivity index (χ0) is 58.2. The molecule has 9 aromatic rings. The van der Waals surface area contributed by atoms with Gasteiger partial charge in [-0.25, -0.2) is 0 Å². The molecule has 0 saturated carbocycles. The van der Waals surface area contributed by atoms with Crippen molar-refractivity contribution in [3.63, 3.8) is 0 Å². The number of hydrogen-bond acceptors (Lipinski definition) is 4. The number of benzene rings is 8. The molecule has 0 atom stereocenters. The van der Waals surface area contributed by atoms with Crippen LogP contribution in [0.25, 0.3) is 21.9 Å². The molecule has 0 radical (unpaired) electrons. The topological polar surface area (TPSA) is 22.9 Å². The van der Waals surface area contributed by atoms with Crippen LogP contribution in [0.2, 0.25) is 0 Å². The molecule has 0 fully saturated rings. The van der Waals surface area contributed by atoms with Gasteiger partial charge in [0, 0.05) is 66.1 Å². The maximum atomic E-state index is 9.39. The summed E-state index contributed by atoms with van der Waals surface area (Å²) in [5, 5.41) is 2.04. The molecule has 0 spiro atoms. The van der Waals surface area contributed by atoms with Crippen molar-refractivity contribution < 1.29 is 8.53 Å². The lowest BCUT2D eigenvalue weighted by Crippen LogP contribution is -2.62. The van der Waals surface area contributed by atoms with Crippen LogP contribution in [0.3, 0.4) is 0 Å². The second kappa shape index (κ2) is 17.3. The van der Waals surface area contributed by atoms with Gasteiger partial charge in [0.15, 0.2) is 0 Å². The second-order valence-corrected chi connectivity index (χ2v) is 28.7. The molecule has 0 saturated heterocycles. The summed E-state index contributed by atoms with van der Waals surface area (Å²) in [5.74, 6) is 0. The lowest BCUT2D eigenvalue weighted by atomic mass is 9.33. The van der Waals surface area contributed by atoms with E-state index in [0.717, 1.165) is 104 Å². The molecular formula is C74H80BN3O. The zero-order valence-electron chi connectivity index (χ0n) is 52.5. The number of anilines is 9. The van der Waals surface area contributed by atoms with E-state index in [1.165, 1.54) is 49.9 Å². The van der Waals surface area contributed by atoms with Crippen LogP contribution in [-0.2, 0) is 32.5 Å². The fourth-order valence-corrected chi connectivity index (χ4v) is 14.2.